The number of aliphatic hydroxyl groups is 1. The van der Waals surface area contributed by atoms with Gasteiger partial charge in [-0.2, -0.15) is 0 Å². The zero-order valence-corrected chi connectivity index (χ0v) is 13.0. The first kappa shape index (κ1) is 15.8. The number of hydrogen-bond donors (Lipinski definition) is 1. The SMILES string of the molecule is CC(C1CC1)N(C)CC(O)COCc1ccc(Cl)cc1. The highest BCUT2D eigenvalue weighted by Gasteiger charge is 2.30. The minimum absolute atomic E-state index is 0.365. The highest BCUT2D eigenvalue weighted by molar-refractivity contribution is 6.30. The summed E-state index contributed by atoms with van der Waals surface area (Å²) in [6, 6.07) is 8.14. The summed E-state index contributed by atoms with van der Waals surface area (Å²) >= 11 is 5.83. The van der Waals surface area contributed by atoms with Crippen LogP contribution in [0.5, 0.6) is 0 Å². The average Bonchev–Trinajstić information content (AvgIpc) is 3.24. The summed E-state index contributed by atoms with van der Waals surface area (Å²) in [6.45, 7) is 3.78. The van der Waals surface area contributed by atoms with Crippen molar-refractivity contribution < 1.29 is 9.84 Å². The fraction of sp³-hybridized carbons (Fsp3) is 0.625. The van der Waals surface area contributed by atoms with Gasteiger partial charge in [0.25, 0.3) is 0 Å². The molecule has 1 N–H and O–H groups in total. The number of nitrogens with zero attached hydrogens (tertiary/aromatic N) is 1. The summed E-state index contributed by atoms with van der Waals surface area (Å²) in [6.07, 6.45) is 2.22. The number of halogens is 1. The predicted octanol–water partition coefficient (Wildman–Crippen LogP) is 2.95. The Balaban J connectivity index is 1.64. The topological polar surface area (TPSA) is 32.7 Å². The van der Waals surface area contributed by atoms with Crippen molar-refractivity contribution in [2.24, 2.45) is 5.92 Å². The Morgan fingerprint density at radius 3 is 2.60 bits per heavy atom. The van der Waals surface area contributed by atoms with E-state index in [1.54, 1.807) is 0 Å². The second-order valence-corrected chi connectivity index (χ2v) is 6.25. The van der Waals surface area contributed by atoms with E-state index in [4.69, 9.17) is 16.3 Å². The van der Waals surface area contributed by atoms with E-state index in [-0.39, 0.29) is 0 Å². The smallest absolute Gasteiger partial charge is 0.0900 e. The molecule has 2 rings (SSSR count). The van der Waals surface area contributed by atoms with Gasteiger partial charge in [0, 0.05) is 17.6 Å². The molecule has 0 aliphatic heterocycles. The molecule has 0 amide bonds. The third kappa shape index (κ3) is 5.06. The van der Waals surface area contributed by atoms with Gasteiger partial charge in [-0.3, -0.25) is 0 Å². The van der Waals surface area contributed by atoms with E-state index in [0.29, 0.717) is 25.8 Å². The van der Waals surface area contributed by atoms with Gasteiger partial charge in [-0.25, -0.2) is 0 Å². The van der Waals surface area contributed by atoms with Gasteiger partial charge >= 0.3 is 0 Å². The Labute approximate surface area is 126 Å². The zero-order valence-electron chi connectivity index (χ0n) is 12.3. The zero-order chi connectivity index (χ0) is 14.5. The van der Waals surface area contributed by atoms with E-state index in [9.17, 15) is 5.11 Å². The number of rotatable bonds is 8. The number of ether oxygens (including phenoxy) is 1. The van der Waals surface area contributed by atoms with Crippen molar-refractivity contribution in [1.29, 1.82) is 0 Å². The summed E-state index contributed by atoms with van der Waals surface area (Å²) in [4.78, 5) is 2.23. The molecule has 0 radical (unpaired) electrons. The molecular formula is C16H24ClNO2. The minimum atomic E-state index is -0.437. The van der Waals surface area contributed by atoms with Crippen molar-refractivity contribution in [3.8, 4) is 0 Å². The first-order chi connectivity index (χ1) is 9.56. The third-order valence-corrected chi connectivity index (χ3v) is 4.24. The Morgan fingerprint density at radius 2 is 2.00 bits per heavy atom. The van der Waals surface area contributed by atoms with Crippen LogP contribution in [0.2, 0.25) is 5.02 Å². The molecule has 20 heavy (non-hydrogen) atoms. The standard InChI is InChI=1S/C16H24ClNO2/c1-12(14-5-6-14)18(2)9-16(19)11-20-10-13-3-7-15(17)8-4-13/h3-4,7-8,12,14,16,19H,5-6,9-11H2,1-2H3. The van der Waals surface area contributed by atoms with Crippen molar-refractivity contribution in [2.75, 3.05) is 20.2 Å². The van der Waals surface area contributed by atoms with Crippen molar-refractivity contribution in [3.05, 3.63) is 34.9 Å². The Bertz CT molecular complexity index is 405. The van der Waals surface area contributed by atoms with E-state index in [1.165, 1.54) is 12.8 Å². The molecule has 0 aromatic heterocycles. The van der Waals surface area contributed by atoms with E-state index >= 15 is 0 Å². The second kappa shape index (κ2) is 7.41. The molecule has 0 bridgehead atoms. The van der Waals surface area contributed by atoms with Gasteiger partial charge in [0.1, 0.15) is 0 Å². The number of aliphatic hydroxyl groups excluding tert-OH is 1. The van der Waals surface area contributed by atoms with Crippen LogP contribution in [0, 0.1) is 5.92 Å². The minimum Gasteiger partial charge on any atom is -0.389 e. The molecular weight excluding hydrogens is 274 g/mol. The van der Waals surface area contributed by atoms with Crippen LogP contribution >= 0.6 is 11.6 Å². The Kier molecular flexibility index (Phi) is 5.85. The highest BCUT2D eigenvalue weighted by atomic mass is 35.5. The Morgan fingerprint density at radius 1 is 1.35 bits per heavy atom. The van der Waals surface area contributed by atoms with E-state index in [1.807, 2.05) is 24.3 Å². The molecule has 112 valence electrons. The van der Waals surface area contributed by atoms with Crippen molar-refractivity contribution in [1.82, 2.24) is 4.90 Å². The summed E-state index contributed by atoms with van der Waals surface area (Å²) < 4.78 is 5.56. The fourth-order valence-electron chi connectivity index (χ4n) is 2.38. The summed E-state index contributed by atoms with van der Waals surface area (Å²) in [5.74, 6) is 0.821. The normalized spacial score (nSPS) is 18.2. The van der Waals surface area contributed by atoms with Crippen molar-refractivity contribution >= 4 is 11.6 Å². The van der Waals surface area contributed by atoms with E-state index in [0.717, 1.165) is 16.5 Å². The molecule has 1 aromatic carbocycles. The maximum absolute atomic E-state index is 10.0. The maximum atomic E-state index is 10.0. The summed E-state index contributed by atoms with van der Waals surface area (Å²) in [5.41, 5.74) is 1.07. The molecule has 1 aliphatic rings. The molecule has 4 heteroatoms. The van der Waals surface area contributed by atoms with Crippen molar-refractivity contribution in [3.63, 3.8) is 0 Å². The maximum Gasteiger partial charge on any atom is 0.0900 e. The molecule has 1 aliphatic carbocycles. The largest absolute Gasteiger partial charge is 0.389 e. The number of hydrogen-bond acceptors (Lipinski definition) is 3. The highest BCUT2D eigenvalue weighted by Crippen LogP contribution is 2.34. The number of benzene rings is 1. The van der Waals surface area contributed by atoms with Crippen LogP contribution < -0.4 is 0 Å². The van der Waals surface area contributed by atoms with Gasteiger partial charge in [-0.05, 0) is 50.4 Å². The van der Waals surface area contributed by atoms with Gasteiger partial charge in [0.05, 0.1) is 19.3 Å². The van der Waals surface area contributed by atoms with Crippen molar-refractivity contribution in [2.45, 2.75) is 38.5 Å². The molecule has 2 atom stereocenters. The molecule has 1 fully saturated rings. The fourth-order valence-corrected chi connectivity index (χ4v) is 2.51. The molecule has 0 saturated heterocycles. The molecule has 0 spiro atoms. The van der Waals surface area contributed by atoms with Crippen LogP contribution in [-0.2, 0) is 11.3 Å². The first-order valence-corrected chi connectivity index (χ1v) is 7.64. The van der Waals surface area contributed by atoms with Crippen LogP contribution in [0.4, 0.5) is 0 Å². The number of likely N-dealkylation sites (N-methyl/N-ethyl adjacent to an activating group) is 1. The third-order valence-electron chi connectivity index (χ3n) is 3.99. The lowest BCUT2D eigenvalue weighted by atomic mass is 10.2. The molecule has 2 unspecified atom stereocenters. The molecule has 1 aromatic rings. The van der Waals surface area contributed by atoms with Crippen LogP contribution in [0.3, 0.4) is 0 Å². The summed E-state index contributed by atoms with van der Waals surface area (Å²) in [5, 5.41) is 10.7. The van der Waals surface area contributed by atoms with Gasteiger partial charge in [0.15, 0.2) is 0 Å². The lowest BCUT2D eigenvalue weighted by molar-refractivity contribution is 0.00731. The van der Waals surface area contributed by atoms with Crippen LogP contribution in [0.15, 0.2) is 24.3 Å². The summed E-state index contributed by atoms with van der Waals surface area (Å²) in [7, 11) is 2.07. The Hall–Kier alpha value is -0.610. The first-order valence-electron chi connectivity index (χ1n) is 7.26. The van der Waals surface area contributed by atoms with Crippen LogP contribution in [0.1, 0.15) is 25.3 Å². The molecule has 3 nitrogen and oxygen atoms in total. The lowest BCUT2D eigenvalue weighted by Crippen LogP contribution is -2.38. The van der Waals surface area contributed by atoms with E-state index < -0.39 is 6.10 Å². The lowest BCUT2D eigenvalue weighted by Gasteiger charge is -2.26. The second-order valence-electron chi connectivity index (χ2n) is 5.81. The molecule has 0 heterocycles. The average molecular weight is 298 g/mol. The van der Waals surface area contributed by atoms with Gasteiger partial charge in [-0.1, -0.05) is 23.7 Å². The van der Waals surface area contributed by atoms with Gasteiger partial charge < -0.3 is 14.7 Å². The molecule has 1 saturated carbocycles. The van der Waals surface area contributed by atoms with Gasteiger partial charge in [-0.15, -0.1) is 0 Å². The monoisotopic (exact) mass is 297 g/mol. The van der Waals surface area contributed by atoms with E-state index in [2.05, 4.69) is 18.9 Å². The van der Waals surface area contributed by atoms with Crippen LogP contribution in [-0.4, -0.2) is 42.4 Å². The quantitative estimate of drug-likeness (QED) is 0.801. The van der Waals surface area contributed by atoms with Gasteiger partial charge in [0.2, 0.25) is 0 Å². The van der Waals surface area contributed by atoms with Crippen LogP contribution in [0.25, 0.3) is 0 Å². The predicted molar refractivity (Wildman–Crippen MR) is 81.9 cm³/mol.